The number of benzene rings is 2. The average Bonchev–Trinajstić information content (AvgIpc) is 2.81. The molecule has 2 aromatic rings. The van der Waals surface area contributed by atoms with Crippen LogP contribution in [0, 0.1) is 0 Å². The summed E-state index contributed by atoms with van der Waals surface area (Å²) in [4.78, 5) is 10.3. The molecule has 2 aromatic carbocycles. The Balaban J connectivity index is 1.31. The summed E-state index contributed by atoms with van der Waals surface area (Å²) >= 11 is 0. The van der Waals surface area contributed by atoms with Gasteiger partial charge >= 0.3 is 0 Å². The van der Waals surface area contributed by atoms with E-state index in [4.69, 9.17) is 9.47 Å². The summed E-state index contributed by atoms with van der Waals surface area (Å²) in [6, 6.07) is 14.0. The van der Waals surface area contributed by atoms with Crippen LogP contribution in [0.3, 0.4) is 0 Å². The number of aromatic hydroxyl groups is 1. The lowest BCUT2D eigenvalue weighted by molar-refractivity contribution is 0.106. The molecule has 32 heavy (non-hydrogen) atoms. The SMILES string of the molecule is O=P(O)(COc1ccc(CCNC[C@H](O)COc2cccc(O)c2)cc1)C1CCCCC1. The fourth-order valence-electron chi connectivity index (χ4n) is 3.84. The van der Waals surface area contributed by atoms with Gasteiger partial charge in [-0.05, 0) is 55.6 Å². The van der Waals surface area contributed by atoms with Gasteiger partial charge in [-0.2, -0.15) is 0 Å². The van der Waals surface area contributed by atoms with Gasteiger partial charge in [-0.25, -0.2) is 0 Å². The monoisotopic (exact) mass is 463 g/mol. The molecule has 0 amide bonds. The van der Waals surface area contributed by atoms with Crippen molar-refractivity contribution in [1.82, 2.24) is 5.32 Å². The first-order valence-corrected chi connectivity index (χ1v) is 13.2. The van der Waals surface area contributed by atoms with Crippen molar-refractivity contribution < 1.29 is 29.1 Å². The van der Waals surface area contributed by atoms with Crippen LogP contribution in [0.1, 0.15) is 37.7 Å². The third-order valence-electron chi connectivity index (χ3n) is 5.72. The van der Waals surface area contributed by atoms with Crippen molar-refractivity contribution in [2.24, 2.45) is 0 Å². The highest BCUT2D eigenvalue weighted by Gasteiger charge is 2.32. The smallest absolute Gasteiger partial charge is 0.239 e. The highest BCUT2D eigenvalue weighted by atomic mass is 31.2. The molecule has 8 heteroatoms. The first kappa shape index (κ1) is 24.6. The number of nitrogens with one attached hydrogen (secondary N) is 1. The van der Waals surface area contributed by atoms with Gasteiger partial charge in [0.2, 0.25) is 7.37 Å². The minimum atomic E-state index is -3.28. The van der Waals surface area contributed by atoms with Crippen LogP contribution < -0.4 is 14.8 Å². The van der Waals surface area contributed by atoms with Gasteiger partial charge in [0.15, 0.2) is 6.35 Å². The normalized spacial score (nSPS) is 17.4. The molecule has 0 spiro atoms. The summed E-state index contributed by atoms with van der Waals surface area (Å²) in [5.74, 6) is 1.25. The highest BCUT2D eigenvalue weighted by molar-refractivity contribution is 7.58. The van der Waals surface area contributed by atoms with E-state index in [0.29, 0.717) is 24.6 Å². The van der Waals surface area contributed by atoms with Gasteiger partial charge in [0.05, 0.1) is 0 Å². The molecule has 0 bridgehead atoms. The van der Waals surface area contributed by atoms with Crippen molar-refractivity contribution in [3.05, 3.63) is 54.1 Å². The maximum Gasteiger partial charge on any atom is 0.239 e. The fourth-order valence-corrected chi connectivity index (χ4v) is 5.55. The van der Waals surface area contributed by atoms with E-state index in [-0.39, 0.29) is 24.4 Å². The fraction of sp³-hybridized carbons (Fsp3) is 0.500. The summed E-state index contributed by atoms with van der Waals surface area (Å²) in [5, 5.41) is 22.6. The van der Waals surface area contributed by atoms with Gasteiger partial charge in [-0.15, -0.1) is 0 Å². The molecule has 0 saturated heterocycles. The average molecular weight is 464 g/mol. The van der Waals surface area contributed by atoms with Crippen molar-refractivity contribution in [3.63, 3.8) is 0 Å². The Bertz CT molecular complexity index is 869. The lowest BCUT2D eigenvalue weighted by Crippen LogP contribution is -2.32. The number of aliphatic hydroxyl groups is 1. The van der Waals surface area contributed by atoms with Crippen LogP contribution in [0.5, 0.6) is 17.2 Å². The maximum atomic E-state index is 12.6. The van der Waals surface area contributed by atoms with E-state index in [1.165, 1.54) is 6.07 Å². The zero-order valence-electron chi connectivity index (χ0n) is 18.4. The van der Waals surface area contributed by atoms with Crippen LogP contribution in [-0.2, 0) is 11.0 Å². The Morgan fingerprint density at radius 3 is 2.50 bits per heavy atom. The summed E-state index contributed by atoms with van der Waals surface area (Å²) in [5.41, 5.74) is 0.983. The molecule has 1 aliphatic carbocycles. The lowest BCUT2D eigenvalue weighted by Gasteiger charge is -2.26. The van der Waals surface area contributed by atoms with Gasteiger partial charge in [-0.1, -0.05) is 37.5 Å². The van der Waals surface area contributed by atoms with Crippen LogP contribution in [0.15, 0.2) is 48.5 Å². The Kier molecular flexibility index (Phi) is 9.42. The van der Waals surface area contributed by atoms with Gasteiger partial charge in [0.25, 0.3) is 0 Å². The zero-order valence-corrected chi connectivity index (χ0v) is 19.3. The Hall–Kier alpha value is -2.05. The third-order valence-corrected chi connectivity index (χ3v) is 7.87. The van der Waals surface area contributed by atoms with E-state index in [2.05, 4.69) is 5.32 Å². The summed E-state index contributed by atoms with van der Waals surface area (Å²) in [7, 11) is -3.28. The molecule has 0 aromatic heterocycles. The molecule has 0 aliphatic heterocycles. The van der Waals surface area contributed by atoms with Crippen LogP contribution in [-0.4, -0.2) is 52.9 Å². The molecule has 0 radical (unpaired) electrons. The van der Waals surface area contributed by atoms with Crippen molar-refractivity contribution in [3.8, 4) is 17.2 Å². The molecular weight excluding hydrogens is 429 g/mol. The first-order chi connectivity index (χ1) is 15.4. The van der Waals surface area contributed by atoms with Crippen LogP contribution in [0.4, 0.5) is 0 Å². The van der Waals surface area contributed by atoms with E-state index < -0.39 is 13.5 Å². The van der Waals surface area contributed by atoms with E-state index in [0.717, 1.165) is 44.1 Å². The molecule has 1 fully saturated rings. The largest absolute Gasteiger partial charge is 0.508 e. The second-order valence-electron chi connectivity index (χ2n) is 8.38. The van der Waals surface area contributed by atoms with Gasteiger partial charge in [0.1, 0.15) is 30.0 Å². The van der Waals surface area contributed by atoms with E-state index in [1.54, 1.807) is 18.2 Å². The van der Waals surface area contributed by atoms with Crippen LogP contribution in [0.2, 0.25) is 0 Å². The Morgan fingerprint density at radius 1 is 1.03 bits per heavy atom. The number of phenolic OH excluding ortho intramolecular Hbond substituents is 1. The molecule has 1 unspecified atom stereocenters. The number of phenols is 1. The molecule has 4 N–H and O–H groups in total. The molecule has 1 saturated carbocycles. The minimum absolute atomic E-state index is 0.123. The van der Waals surface area contributed by atoms with E-state index >= 15 is 0 Å². The van der Waals surface area contributed by atoms with E-state index in [9.17, 15) is 19.7 Å². The van der Waals surface area contributed by atoms with Gasteiger partial charge in [0, 0.05) is 18.3 Å². The molecule has 1 aliphatic rings. The summed E-state index contributed by atoms with van der Waals surface area (Å²) < 4.78 is 23.6. The molecule has 7 nitrogen and oxygen atoms in total. The number of hydrogen-bond acceptors (Lipinski definition) is 6. The minimum Gasteiger partial charge on any atom is -0.508 e. The van der Waals surface area contributed by atoms with Crippen LogP contribution in [0.25, 0.3) is 0 Å². The van der Waals surface area contributed by atoms with Crippen LogP contribution >= 0.6 is 7.37 Å². The molecule has 3 rings (SSSR count). The number of rotatable bonds is 12. The Labute approximate surface area is 189 Å². The standard InChI is InChI=1S/C24H34NO6P/c26-20-5-4-6-23(15-20)30-17-21(27)16-25-14-13-19-9-11-22(12-10-19)31-18-32(28,29)24-7-2-1-3-8-24/h4-6,9-12,15,21,24-27H,1-3,7-8,13-14,16-18H2,(H,28,29)/t21-/m0/s1. The first-order valence-electron chi connectivity index (χ1n) is 11.3. The van der Waals surface area contributed by atoms with Gasteiger partial charge < -0.3 is 29.9 Å². The van der Waals surface area contributed by atoms with Crippen molar-refractivity contribution in [1.29, 1.82) is 0 Å². The molecule has 2 atom stereocenters. The molecule has 176 valence electrons. The number of hydrogen-bond donors (Lipinski definition) is 4. The topological polar surface area (TPSA) is 108 Å². The highest BCUT2D eigenvalue weighted by Crippen LogP contribution is 2.51. The summed E-state index contributed by atoms with van der Waals surface area (Å²) in [6.07, 6.45) is 4.84. The predicted molar refractivity (Wildman–Crippen MR) is 125 cm³/mol. The second-order valence-corrected chi connectivity index (χ2v) is 10.9. The molecule has 0 heterocycles. The lowest BCUT2D eigenvalue weighted by atomic mass is 10.0. The predicted octanol–water partition coefficient (Wildman–Crippen LogP) is 3.90. The second kappa shape index (κ2) is 12.3. The maximum absolute atomic E-state index is 12.6. The Morgan fingerprint density at radius 2 is 1.78 bits per heavy atom. The van der Waals surface area contributed by atoms with Crippen molar-refractivity contribution in [2.45, 2.75) is 50.3 Å². The third kappa shape index (κ3) is 8.14. The summed E-state index contributed by atoms with van der Waals surface area (Å²) in [6.45, 7) is 1.22. The quantitative estimate of drug-likeness (QED) is 0.279. The zero-order chi connectivity index (χ0) is 22.8. The van der Waals surface area contributed by atoms with Crippen molar-refractivity contribution in [2.75, 3.05) is 26.0 Å². The number of aliphatic hydroxyl groups excluding tert-OH is 1. The molecular formula is C24H34NO6P. The van der Waals surface area contributed by atoms with E-state index in [1.807, 2.05) is 24.3 Å². The van der Waals surface area contributed by atoms with Crippen molar-refractivity contribution >= 4 is 7.37 Å². The van der Waals surface area contributed by atoms with Gasteiger partial charge in [-0.3, -0.25) is 4.57 Å². The number of ether oxygens (including phenoxy) is 2.